The third-order valence-electron chi connectivity index (χ3n) is 6.12. The molecule has 2 aliphatic heterocycles. The standard InChI is InChI=1S/C21H32N4O2/c26-21(22-19-14-20(15-19)25-10-12-27-13-11-25)17-24-8-6-23(7-9-24)16-18-4-2-1-3-5-18/h1-5,19-20H,6-17H2,(H,22,26). The molecule has 0 atom stereocenters. The highest BCUT2D eigenvalue weighted by molar-refractivity contribution is 5.78. The molecule has 1 aromatic rings. The molecule has 0 spiro atoms. The average Bonchev–Trinajstić information content (AvgIpc) is 2.67. The largest absolute Gasteiger partial charge is 0.379 e. The van der Waals surface area contributed by atoms with Crippen molar-refractivity contribution in [3.8, 4) is 0 Å². The van der Waals surface area contributed by atoms with Crippen LogP contribution in [0.4, 0.5) is 0 Å². The summed E-state index contributed by atoms with van der Waals surface area (Å²) < 4.78 is 5.41. The lowest BCUT2D eigenvalue weighted by Crippen LogP contribution is -2.57. The number of amides is 1. The number of piperazine rings is 1. The molecular weight excluding hydrogens is 340 g/mol. The first-order valence-electron chi connectivity index (χ1n) is 10.4. The van der Waals surface area contributed by atoms with Gasteiger partial charge in [0.15, 0.2) is 0 Å². The molecule has 1 aromatic carbocycles. The summed E-state index contributed by atoms with van der Waals surface area (Å²) in [5.41, 5.74) is 1.36. The summed E-state index contributed by atoms with van der Waals surface area (Å²) in [6, 6.07) is 11.6. The summed E-state index contributed by atoms with van der Waals surface area (Å²) in [4.78, 5) is 19.6. The molecule has 3 fully saturated rings. The van der Waals surface area contributed by atoms with Gasteiger partial charge in [0.25, 0.3) is 0 Å². The molecule has 2 heterocycles. The molecule has 4 rings (SSSR count). The second kappa shape index (κ2) is 9.15. The van der Waals surface area contributed by atoms with Crippen LogP contribution in [-0.2, 0) is 16.1 Å². The second-order valence-electron chi connectivity index (χ2n) is 8.08. The zero-order chi connectivity index (χ0) is 18.5. The number of morpholine rings is 1. The maximum Gasteiger partial charge on any atom is 0.234 e. The van der Waals surface area contributed by atoms with Gasteiger partial charge in [0.05, 0.1) is 19.8 Å². The van der Waals surface area contributed by atoms with Gasteiger partial charge in [-0.05, 0) is 18.4 Å². The van der Waals surface area contributed by atoms with Gasteiger partial charge in [-0.2, -0.15) is 0 Å². The Labute approximate surface area is 162 Å². The normalized spacial score (nSPS) is 27.9. The highest BCUT2D eigenvalue weighted by Crippen LogP contribution is 2.26. The molecule has 1 amide bonds. The molecule has 0 unspecified atom stereocenters. The second-order valence-corrected chi connectivity index (χ2v) is 8.08. The fraction of sp³-hybridized carbons (Fsp3) is 0.667. The maximum atomic E-state index is 12.4. The van der Waals surface area contributed by atoms with Crippen molar-refractivity contribution < 1.29 is 9.53 Å². The summed E-state index contributed by atoms with van der Waals surface area (Å²) in [5, 5.41) is 3.23. The van der Waals surface area contributed by atoms with Crippen molar-refractivity contribution in [3.63, 3.8) is 0 Å². The first kappa shape index (κ1) is 18.9. The van der Waals surface area contributed by atoms with E-state index in [9.17, 15) is 4.79 Å². The van der Waals surface area contributed by atoms with Gasteiger partial charge in [-0.3, -0.25) is 19.5 Å². The van der Waals surface area contributed by atoms with Crippen LogP contribution in [0.15, 0.2) is 30.3 Å². The van der Waals surface area contributed by atoms with Crippen LogP contribution in [-0.4, -0.2) is 91.7 Å². The smallest absolute Gasteiger partial charge is 0.234 e. The molecule has 1 aliphatic carbocycles. The predicted octanol–water partition coefficient (Wildman–Crippen LogP) is 0.784. The van der Waals surface area contributed by atoms with Crippen LogP contribution in [0, 0.1) is 0 Å². The number of carbonyl (C=O) groups is 1. The Balaban J connectivity index is 1.11. The van der Waals surface area contributed by atoms with Crippen LogP contribution in [0.5, 0.6) is 0 Å². The van der Waals surface area contributed by atoms with Gasteiger partial charge < -0.3 is 10.1 Å². The third kappa shape index (κ3) is 5.29. The molecule has 27 heavy (non-hydrogen) atoms. The van der Waals surface area contributed by atoms with Gasteiger partial charge in [-0.15, -0.1) is 0 Å². The lowest BCUT2D eigenvalue weighted by atomic mass is 9.85. The van der Waals surface area contributed by atoms with Gasteiger partial charge in [0.1, 0.15) is 0 Å². The lowest BCUT2D eigenvalue weighted by molar-refractivity contribution is -0.124. The van der Waals surface area contributed by atoms with Crippen LogP contribution < -0.4 is 5.32 Å². The number of rotatable bonds is 6. The number of nitrogens with zero attached hydrogens (tertiary/aromatic N) is 3. The van der Waals surface area contributed by atoms with Crippen LogP contribution >= 0.6 is 0 Å². The minimum Gasteiger partial charge on any atom is -0.379 e. The first-order chi connectivity index (χ1) is 13.3. The van der Waals surface area contributed by atoms with E-state index in [4.69, 9.17) is 4.74 Å². The van der Waals surface area contributed by atoms with E-state index in [2.05, 4.69) is 50.3 Å². The monoisotopic (exact) mass is 372 g/mol. The van der Waals surface area contributed by atoms with Crippen molar-refractivity contribution in [3.05, 3.63) is 35.9 Å². The van der Waals surface area contributed by atoms with E-state index in [1.807, 2.05) is 0 Å². The predicted molar refractivity (Wildman–Crippen MR) is 106 cm³/mol. The number of ether oxygens (including phenoxy) is 1. The van der Waals surface area contributed by atoms with E-state index < -0.39 is 0 Å². The molecule has 1 N–H and O–H groups in total. The Morgan fingerprint density at radius 2 is 1.63 bits per heavy atom. The van der Waals surface area contributed by atoms with Gasteiger partial charge in [-0.25, -0.2) is 0 Å². The highest BCUT2D eigenvalue weighted by Gasteiger charge is 2.35. The molecule has 2 saturated heterocycles. The third-order valence-corrected chi connectivity index (χ3v) is 6.12. The Morgan fingerprint density at radius 3 is 2.33 bits per heavy atom. The number of benzene rings is 1. The lowest BCUT2D eigenvalue weighted by Gasteiger charge is -2.44. The summed E-state index contributed by atoms with van der Waals surface area (Å²) >= 11 is 0. The Kier molecular flexibility index (Phi) is 6.39. The van der Waals surface area contributed by atoms with Crippen LogP contribution in [0.3, 0.4) is 0 Å². The summed E-state index contributed by atoms with van der Waals surface area (Å²) in [6.45, 7) is 9.34. The van der Waals surface area contributed by atoms with Gasteiger partial charge >= 0.3 is 0 Å². The van der Waals surface area contributed by atoms with Crippen molar-refractivity contribution in [1.29, 1.82) is 0 Å². The Bertz CT molecular complexity index is 591. The minimum absolute atomic E-state index is 0.192. The van der Waals surface area contributed by atoms with E-state index in [0.29, 0.717) is 18.6 Å². The van der Waals surface area contributed by atoms with Crippen molar-refractivity contribution in [2.24, 2.45) is 0 Å². The van der Waals surface area contributed by atoms with Crippen molar-refractivity contribution in [2.75, 3.05) is 59.0 Å². The molecule has 0 bridgehead atoms. The van der Waals surface area contributed by atoms with E-state index in [-0.39, 0.29) is 5.91 Å². The van der Waals surface area contributed by atoms with Crippen molar-refractivity contribution in [1.82, 2.24) is 20.0 Å². The summed E-state index contributed by atoms with van der Waals surface area (Å²) in [6.07, 6.45) is 2.19. The number of hydrogen-bond acceptors (Lipinski definition) is 5. The maximum absolute atomic E-state index is 12.4. The molecule has 6 heteroatoms. The number of hydrogen-bond donors (Lipinski definition) is 1. The SMILES string of the molecule is O=C(CN1CCN(Cc2ccccc2)CC1)NC1CC(N2CCOCC2)C1. The quantitative estimate of drug-likeness (QED) is 0.800. The zero-order valence-corrected chi connectivity index (χ0v) is 16.2. The Hall–Kier alpha value is -1.47. The van der Waals surface area contributed by atoms with Gasteiger partial charge in [-0.1, -0.05) is 30.3 Å². The summed E-state index contributed by atoms with van der Waals surface area (Å²) in [5.74, 6) is 0.192. The van der Waals surface area contributed by atoms with E-state index in [1.165, 1.54) is 5.56 Å². The van der Waals surface area contributed by atoms with E-state index >= 15 is 0 Å². The average molecular weight is 373 g/mol. The topological polar surface area (TPSA) is 48.1 Å². The molecule has 1 saturated carbocycles. The van der Waals surface area contributed by atoms with Crippen molar-refractivity contribution >= 4 is 5.91 Å². The Morgan fingerprint density at radius 1 is 0.963 bits per heavy atom. The fourth-order valence-electron chi connectivity index (χ4n) is 4.37. The van der Waals surface area contributed by atoms with Gasteiger partial charge in [0, 0.05) is 57.9 Å². The molecule has 6 nitrogen and oxygen atoms in total. The molecule has 148 valence electrons. The summed E-state index contributed by atoms with van der Waals surface area (Å²) in [7, 11) is 0. The molecule has 0 radical (unpaired) electrons. The molecular formula is C21H32N4O2. The van der Waals surface area contributed by atoms with Crippen molar-refractivity contribution in [2.45, 2.75) is 31.5 Å². The molecule has 0 aromatic heterocycles. The van der Waals surface area contributed by atoms with Gasteiger partial charge in [0.2, 0.25) is 5.91 Å². The zero-order valence-electron chi connectivity index (χ0n) is 16.2. The molecule has 3 aliphatic rings. The number of carbonyl (C=O) groups excluding carboxylic acids is 1. The van der Waals surface area contributed by atoms with Crippen LogP contribution in [0.1, 0.15) is 18.4 Å². The van der Waals surface area contributed by atoms with E-state index in [0.717, 1.165) is 71.9 Å². The van der Waals surface area contributed by atoms with Crippen LogP contribution in [0.2, 0.25) is 0 Å². The van der Waals surface area contributed by atoms with Crippen LogP contribution in [0.25, 0.3) is 0 Å². The fourth-order valence-corrected chi connectivity index (χ4v) is 4.37. The minimum atomic E-state index is 0.192. The number of nitrogens with one attached hydrogen (secondary N) is 1. The first-order valence-corrected chi connectivity index (χ1v) is 10.4. The highest BCUT2D eigenvalue weighted by atomic mass is 16.5. The van der Waals surface area contributed by atoms with E-state index in [1.54, 1.807) is 0 Å².